The molecular formula is C14H15N5O. The summed E-state index contributed by atoms with van der Waals surface area (Å²) in [5.41, 5.74) is 14.4. The molecule has 0 atom stereocenters. The predicted octanol–water partition coefficient (Wildman–Crippen LogP) is 2.29. The summed E-state index contributed by atoms with van der Waals surface area (Å²) in [4.78, 5) is 3.87. The fourth-order valence-corrected chi connectivity index (χ4v) is 1.45. The maximum absolute atomic E-state index is 5.54. The molecule has 3 rings (SSSR count). The lowest BCUT2D eigenvalue weighted by atomic mass is 10.2. The Morgan fingerprint density at radius 2 is 1.80 bits per heavy atom. The van der Waals surface area contributed by atoms with Gasteiger partial charge in [0.1, 0.15) is 0 Å². The van der Waals surface area contributed by atoms with Gasteiger partial charge in [0.15, 0.2) is 0 Å². The fraction of sp³-hybridized carbons (Fsp3) is 0.0714. The minimum absolute atomic E-state index is 0.521. The van der Waals surface area contributed by atoms with Crippen LogP contribution in [-0.2, 0) is 0 Å². The van der Waals surface area contributed by atoms with E-state index in [0.717, 1.165) is 22.5 Å². The minimum Gasteiger partial charge on any atom is -0.423 e. The highest BCUT2D eigenvalue weighted by molar-refractivity contribution is 5.55. The molecule has 4 N–H and O–H groups in total. The molecule has 3 aromatic rings. The van der Waals surface area contributed by atoms with Crippen molar-refractivity contribution in [2.75, 3.05) is 11.5 Å². The summed E-state index contributed by atoms with van der Waals surface area (Å²) in [5.74, 6) is 0.521. The van der Waals surface area contributed by atoms with Crippen molar-refractivity contribution in [2.45, 2.75) is 6.92 Å². The molecule has 0 amide bonds. The zero-order valence-corrected chi connectivity index (χ0v) is 11.0. The number of pyridine rings is 1. The largest absolute Gasteiger partial charge is 0.423 e. The smallest absolute Gasteiger partial charge is 0.247 e. The SMILES string of the molecule is Cc1ccc(N)cc1N.c1cc(-c2nnco2)ccn1. The van der Waals surface area contributed by atoms with Gasteiger partial charge in [0.2, 0.25) is 12.3 Å². The molecule has 20 heavy (non-hydrogen) atoms. The molecule has 6 heteroatoms. The Morgan fingerprint density at radius 3 is 2.35 bits per heavy atom. The molecule has 2 aromatic heterocycles. The second-order valence-corrected chi connectivity index (χ2v) is 4.10. The van der Waals surface area contributed by atoms with Gasteiger partial charge in [0, 0.05) is 29.3 Å². The van der Waals surface area contributed by atoms with E-state index in [4.69, 9.17) is 15.9 Å². The first-order valence-corrected chi connectivity index (χ1v) is 5.95. The molecular weight excluding hydrogens is 254 g/mol. The Kier molecular flexibility index (Phi) is 4.28. The number of aromatic nitrogens is 3. The van der Waals surface area contributed by atoms with E-state index in [2.05, 4.69) is 15.2 Å². The van der Waals surface area contributed by atoms with E-state index in [-0.39, 0.29) is 0 Å². The number of nitrogen functional groups attached to an aromatic ring is 2. The third kappa shape index (κ3) is 3.55. The number of hydrogen-bond acceptors (Lipinski definition) is 6. The van der Waals surface area contributed by atoms with Crippen molar-refractivity contribution < 1.29 is 4.42 Å². The highest BCUT2D eigenvalue weighted by Gasteiger charge is 1.99. The van der Waals surface area contributed by atoms with Crippen LogP contribution in [0.3, 0.4) is 0 Å². The normalized spacial score (nSPS) is 9.65. The Morgan fingerprint density at radius 1 is 1.05 bits per heavy atom. The average molecular weight is 269 g/mol. The van der Waals surface area contributed by atoms with Crippen molar-refractivity contribution in [1.82, 2.24) is 15.2 Å². The van der Waals surface area contributed by atoms with Crippen molar-refractivity contribution >= 4 is 11.4 Å². The molecule has 2 heterocycles. The zero-order chi connectivity index (χ0) is 14.4. The first-order valence-electron chi connectivity index (χ1n) is 5.95. The van der Waals surface area contributed by atoms with Crippen LogP contribution < -0.4 is 11.5 Å². The van der Waals surface area contributed by atoms with Crippen molar-refractivity contribution in [1.29, 1.82) is 0 Å². The van der Waals surface area contributed by atoms with Crippen molar-refractivity contribution in [3.8, 4) is 11.5 Å². The van der Waals surface area contributed by atoms with E-state index in [1.807, 2.05) is 31.2 Å². The third-order valence-electron chi connectivity index (χ3n) is 2.59. The molecule has 0 aliphatic rings. The maximum Gasteiger partial charge on any atom is 0.247 e. The molecule has 0 unspecified atom stereocenters. The second-order valence-electron chi connectivity index (χ2n) is 4.10. The molecule has 6 nitrogen and oxygen atoms in total. The van der Waals surface area contributed by atoms with Gasteiger partial charge in [-0.15, -0.1) is 10.2 Å². The number of aryl methyl sites for hydroxylation is 1. The van der Waals surface area contributed by atoms with E-state index < -0.39 is 0 Å². The number of nitrogens with two attached hydrogens (primary N) is 2. The van der Waals surface area contributed by atoms with Crippen LogP contribution in [-0.4, -0.2) is 15.2 Å². The molecule has 0 radical (unpaired) electrons. The van der Waals surface area contributed by atoms with E-state index in [1.54, 1.807) is 18.5 Å². The van der Waals surface area contributed by atoms with Gasteiger partial charge in [0.25, 0.3) is 0 Å². The van der Waals surface area contributed by atoms with Gasteiger partial charge in [-0.2, -0.15) is 0 Å². The molecule has 0 spiro atoms. The zero-order valence-electron chi connectivity index (χ0n) is 11.0. The van der Waals surface area contributed by atoms with E-state index >= 15 is 0 Å². The van der Waals surface area contributed by atoms with Crippen LogP contribution in [0.15, 0.2) is 53.5 Å². The summed E-state index contributed by atoms with van der Waals surface area (Å²) in [5, 5.41) is 7.30. The fourth-order valence-electron chi connectivity index (χ4n) is 1.45. The van der Waals surface area contributed by atoms with Crippen LogP contribution >= 0.6 is 0 Å². The van der Waals surface area contributed by atoms with Crippen LogP contribution in [0.5, 0.6) is 0 Å². The summed E-state index contributed by atoms with van der Waals surface area (Å²) >= 11 is 0. The summed E-state index contributed by atoms with van der Waals surface area (Å²) in [6.45, 7) is 1.95. The van der Waals surface area contributed by atoms with Gasteiger partial charge >= 0.3 is 0 Å². The lowest BCUT2D eigenvalue weighted by molar-refractivity contribution is 0.568. The first-order chi connectivity index (χ1) is 9.66. The van der Waals surface area contributed by atoms with Crippen LogP contribution in [0.1, 0.15) is 5.56 Å². The van der Waals surface area contributed by atoms with Gasteiger partial charge in [0.05, 0.1) is 0 Å². The van der Waals surface area contributed by atoms with E-state index in [9.17, 15) is 0 Å². The Labute approximate surface area is 116 Å². The van der Waals surface area contributed by atoms with E-state index in [1.165, 1.54) is 6.39 Å². The number of rotatable bonds is 1. The Bertz CT molecular complexity index is 653. The monoisotopic (exact) mass is 269 g/mol. The number of benzene rings is 1. The molecule has 0 aliphatic carbocycles. The van der Waals surface area contributed by atoms with Crippen molar-refractivity contribution in [3.05, 3.63) is 54.7 Å². The highest BCUT2D eigenvalue weighted by Crippen LogP contribution is 2.13. The summed E-state index contributed by atoms with van der Waals surface area (Å²) in [6.07, 6.45) is 4.66. The molecule has 1 aromatic carbocycles. The predicted molar refractivity (Wildman–Crippen MR) is 77.5 cm³/mol. The summed E-state index contributed by atoms with van der Waals surface area (Å²) in [7, 11) is 0. The molecule has 0 saturated carbocycles. The number of hydrogen-bond donors (Lipinski definition) is 2. The van der Waals surface area contributed by atoms with Gasteiger partial charge in [-0.1, -0.05) is 6.07 Å². The first kappa shape index (κ1) is 13.5. The van der Waals surface area contributed by atoms with Crippen LogP contribution in [0.2, 0.25) is 0 Å². The minimum atomic E-state index is 0.521. The van der Waals surface area contributed by atoms with Gasteiger partial charge < -0.3 is 15.9 Å². The summed E-state index contributed by atoms with van der Waals surface area (Å²) in [6, 6.07) is 9.13. The number of nitrogens with zero attached hydrogens (tertiary/aromatic N) is 3. The topological polar surface area (TPSA) is 104 Å². The molecule has 0 aliphatic heterocycles. The quantitative estimate of drug-likeness (QED) is 0.657. The molecule has 0 fully saturated rings. The Hall–Kier alpha value is -2.89. The third-order valence-corrected chi connectivity index (χ3v) is 2.59. The average Bonchev–Trinajstić information content (AvgIpc) is 2.99. The van der Waals surface area contributed by atoms with Crippen LogP contribution in [0, 0.1) is 6.92 Å². The second kappa shape index (κ2) is 6.33. The van der Waals surface area contributed by atoms with Gasteiger partial charge in [-0.25, -0.2) is 0 Å². The summed E-state index contributed by atoms with van der Waals surface area (Å²) < 4.78 is 4.97. The number of anilines is 2. The van der Waals surface area contributed by atoms with Crippen molar-refractivity contribution in [2.24, 2.45) is 0 Å². The molecule has 0 bridgehead atoms. The standard InChI is InChI=1S/C7H5N3O.C7H10N2/c1-3-8-4-2-6(1)7-10-9-5-11-7;1-5-2-3-6(8)4-7(5)9/h1-5H;2-4H,8-9H2,1H3. The van der Waals surface area contributed by atoms with Crippen molar-refractivity contribution in [3.63, 3.8) is 0 Å². The van der Waals surface area contributed by atoms with Crippen LogP contribution in [0.25, 0.3) is 11.5 Å². The lowest BCUT2D eigenvalue weighted by Gasteiger charge is -1.98. The highest BCUT2D eigenvalue weighted by atomic mass is 16.4. The maximum atomic E-state index is 5.54. The van der Waals surface area contributed by atoms with Gasteiger partial charge in [-0.05, 0) is 36.8 Å². The Balaban J connectivity index is 0.000000151. The van der Waals surface area contributed by atoms with Crippen LogP contribution in [0.4, 0.5) is 11.4 Å². The molecule has 102 valence electrons. The van der Waals surface area contributed by atoms with E-state index in [0.29, 0.717) is 5.89 Å². The van der Waals surface area contributed by atoms with Gasteiger partial charge in [-0.3, -0.25) is 4.98 Å². The lowest BCUT2D eigenvalue weighted by Crippen LogP contribution is -1.91. The molecule has 0 saturated heterocycles.